The number of rotatable bonds is 6. The van der Waals surface area contributed by atoms with Crippen molar-refractivity contribution >= 4 is 23.5 Å². The minimum absolute atomic E-state index is 0.137. The van der Waals surface area contributed by atoms with Gasteiger partial charge in [-0.15, -0.1) is 0 Å². The van der Waals surface area contributed by atoms with Gasteiger partial charge in [0.15, 0.2) is 5.78 Å². The van der Waals surface area contributed by atoms with E-state index in [0.717, 1.165) is 5.56 Å². The predicted octanol–water partition coefficient (Wildman–Crippen LogP) is 2.37. The van der Waals surface area contributed by atoms with Crippen LogP contribution in [0.15, 0.2) is 24.4 Å². The maximum absolute atomic E-state index is 11.3. The third kappa shape index (κ3) is 5.77. The monoisotopic (exact) mass is 254 g/mol. The SMILES string of the molecule is O=C(/C=C/c1ccc(Cl)nc1)CCC[N+](=O)[O-]. The molecule has 0 spiro atoms. The average Bonchev–Trinajstić information content (AvgIpc) is 2.28. The number of ketones is 1. The quantitative estimate of drug-likeness (QED) is 0.338. The van der Waals surface area contributed by atoms with Crippen LogP contribution >= 0.6 is 11.6 Å². The Bertz CT molecular complexity index is 429. The van der Waals surface area contributed by atoms with Crippen LogP contribution in [0.3, 0.4) is 0 Å². The van der Waals surface area contributed by atoms with Crippen LogP contribution < -0.4 is 0 Å². The van der Waals surface area contributed by atoms with Gasteiger partial charge in [-0.05, 0) is 23.8 Å². The van der Waals surface area contributed by atoms with E-state index in [1.807, 2.05) is 0 Å². The maximum Gasteiger partial charge on any atom is 0.204 e. The van der Waals surface area contributed by atoms with Gasteiger partial charge >= 0.3 is 0 Å². The van der Waals surface area contributed by atoms with Crippen LogP contribution in [-0.4, -0.2) is 22.2 Å². The van der Waals surface area contributed by atoms with Gasteiger partial charge in [0.2, 0.25) is 6.54 Å². The van der Waals surface area contributed by atoms with Crippen LogP contribution in [0.2, 0.25) is 5.15 Å². The number of hydrogen-bond acceptors (Lipinski definition) is 4. The minimum atomic E-state index is -0.430. The molecule has 0 aliphatic carbocycles. The molecule has 0 fully saturated rings. The van der Waals surface area contributed by atoms with E-state index in [1.165, 1.54) is 6.08 Å². The summed E-state index contributed by atoms with van der Waals surface area (Å²) in [5, 5.41) is 10.4. The molecular formula is C11H11ClN2O3. The highest BCUT2D eigenvalue weighted by Crippen LogP contribution is 2.07. The summed E-state index contributed by atoms with van der Waals surface area (Å²) in [6.07, 6.45) is 4.99. The second kappa shape index (κ2) is 6.75. The average molecular weight is 255 g/mol. The second-order valence-electron chi connectivity index (χ2n) is 3.37. The topological polar surface area (TPSA) is 73.1 Å². The first-order chi connectivity index (χ1) is 8.08. The Morgan fingerprint density at radius 2 is 2.29 bits per heavy atom. The Hall–Kier alpha value is -1.75. The highest BCUT2D eigenvalue weighted by Gasteiger charge is 2.01. The van der Waals surface area contributed by atoms with E-state index in [2.05, 4.69) is 4.98 Å². The fraction of sp³-hybridized carbons (Fsp3) is 0.273. The van der Waals surface area contributed by atoms with E-state index in [-0.39, 0.29) is 25.2 Å². The van der Waals surface area contributed by atoms with Crippen molar-refractivity contribution in [1.82, 2.24) is 4.98 Å². The first kappa shape index (κ1) is 13.3. The molecule has 0 atom stereocenters. The summed E-state index contributed by atoms with van der Waals surface area (Å²) in [7, 11) is 0. The predicted molar refractivity (Wildman–Crippen MR) is 64.4 cm³/mol. The van der Waals surface area contributed by atoms with E-state index in [0.29, 0.717) is 5.15 Å². The molecule has 90 valence electrons. The zero-order chi connectivity index (χ0) is 12.7. The van der Waals surface area contributed by atoms with E-state index >= 15 is 0 Å². The van der Waals surface area contributed by atoms with Crippen LogP contribution in [-0.2, 0) is 4.79 Å². The van der Waals surface area contributed by atoms with E-state index in [9.17, 15) is 14.9 Å². The molecule has 0 bridgehead atoms. The van der Waals surface area contributed by atoms with Gasteiger partial charge in [0.1, 0.15) is 5.15 Å². The van der Waals surface area contributed by atoms with Crippen LogP contribution in [0.5, 0.6) is 0 Å². The second-order valence-corrected chi connectivity index (χ2v) is 3.76. The van der Waals surface area contributed by atoms with Crippen LogP contribution in [0, 0.1) is 10.1 Å². The Morgan fingerprint density at radius 1 is 1.53 bits per heavy atom. The molecule has 0 saturated heterocycles. The van der Waals surface area contributed by atoms with Gasteiger partial charge in [-0.1, -0.05) is 17.7 Å². The number of aromatic nitrogens is 1. The molecule has 17 heavy (non-hydrogen) atoms. The Morgan fingerprint density at radius 3 is 2.88 bits per heavy atom. The number of nitro groups is 1. The van der Waals surface area contributed by atoms with Crippen molar-refractivity contribution < 1.29 is 9.72 Å². The number of carbonyl (C=O) groups is 1. The molecule has 1 aromatic rings. The number of hydrogen-bond donors (Lipinski definition) is 0. The van der Waals surface area contributed by atoms with Gasteiger partial charge < -0.3 is 0 Å². The molecule has 0 N–H and O–H groups in total. The zero-order valence-corrected chi connectivity index (χ0v) is 9.76. The minimum Gasteiger partial charge on any atom is -0.295 e. The molecule has 1 rings (SSSR count). The molecular weight excluding hydrogens is 244 g/mol. The van der Waals surface area contributed by atoms with Gasteiger partial charge in [0.25, 0.3) is 0 Å². The summed E-state index contributed by atoms with van der Waals surface area (Å²) in [4.78, 5) is 24.8. The van der Waals surface area contributed by atoms with Crippen molar-refractivity contribution in [2.45, 2.75) is 12.8 Å². The highest BCUT2D eigenvalue weighted by atomic mass is 35.5. The van der Waals surface area contributed by atoms with Crippen molar-refractivity contribution in [3.8, 4) is 0 Å². The van der Waals surface area contributed by atoms with Gasteiger partial charge in [0, 0.05) is 24.0 Å². The molecule has 0 aromatic carbocycles. The lowest BCUT2D eigenvalue weighted by Gasteiger charge is -1.94. The lowest BCUT2D eigenvalue weighted by Crippen LogP contribution is -2.03. The largest absolute Gasteiger partial charge is 0.295 e. The third-order valence-electron chi connectivity index (χ3n) is 1.98. The third-order valence-corrected chi connectivity index (χ3v) is 2.20. The molecule has 1 heterocycles. The van der Waals surface area contributed by atoms with Gasteiger partial charge in [-0.3, -0.25) is 14.9 Å². The van der Waals surface area contributed by atoms with Gasteiger partial charge in [0.05, 0.1) is 0 Å². The first-order valence-electron chi connectivity index (χ1n) is 5.02. The molecule has 0 amide bonds. The fourth-order valence-electron chi connectivity index (χ4n) is 1.14. The fourth-order valence-corrected chi connectivity index (χ4v) is 1.25. The van der Waals surface area contributed by atoms with Crippen LogP contribution in [0.25, 0.3) is 6.08 Å². The van der Waals surface area contributed by atoms with Crippen molar-refractivity contribution in [3.05, 3.63) is 45.2 Å². The zero-order valence-electron chi connectivity index (χ0n) is 9.01. The summed E-state index contributed by atoms with van der Waals surface area (Å²) < 4.78 is 0. The molecule has 0 aliphatic rings. The number of pyridine rings is 1. The lowest BCUT2D eigenvalue weighted by molar-refractivity contribution is -0.480. The normalized spacial score (nSPS) is 10.6. The molecule has 0 saturated carbocycles. The number of nitrogens with zero attached hydrogens (tertiary/aromatic N) is 2. The smallest absolute Gasteiger partial charge is 0.204 e. The summed E-state index contributed by atoms with van der Waals surface area (Å²) in [5.74, 6) is -0.137. The molecule has 1 aromatic heterocycles. The Balaban J connectivity index is 2.40. The maximum atomic E-state index is 11.3. The number of allylic oxidation sites excluding steroid dienone is 1. The number of halogens is 1. The van der Waals surface area contributed by atoms with Gasteiger partial charge in [-0.2, -0.15) is 0 Å². The number of carbonyl (C=O) groups excluding carboxylic acids is 1. The molecule has 0 radical (unpaired) electrons. The summed E-state index contributed by atoms with van der Waals surface area (Å²) in [6.45, 7) is -0.178. The molecule has 0 aliphatic heterocycles. The molecule has 0 unspecified atom stereocenters. The van der Waals surface area contributed by atoms with E-state index < -0.39 is 4.92 Å². The van der Waals surface area contributed by atoms with Gasteiger partial charge in [-0.25, -0.2) is 4.98 Å². The van der Waals surface area contributed by atoms with E-state index in [4.69, 9.17) is 11.6 Å². The summed E-state index contributed by atoms with van der Waals surface area (Å²) in [5.41, 5.74) is 0.761. The molecule has 6 heteroatoms. The Labute approximate surface area is 103 Å². The van der Waals surface area contributed by atoms with Crippen molar-refractivity contribution in [1.29, 1.82) is 0 Å². The molecule has 5 nitrogen and oxygen atoms in total. The van der Waals surface area contributed by atoms with Crippen molar-refractivity contribution in [2.24, 2.45) is 0 Å². The van der Waals surface area contributed by atoms with Crippen molar-refractivity contribution in [2.75, 3.05) is 6.54 Å². The van der Waals surface area contributed by atoms with E-state index in [1.54, 1.807) is 24.4 Å². The lowest BCUT2D eigenvalue weighted by atomic mass is 10.2. The van der Waals surface area contributed by atoms with Crippen molar-refractivity contribution in [3.63, 3.8) is 0 Å². The highest BCUT2D eigenvalue weighted by molar-refractivity contribution is 6.29. The summed E-state index contributed by atoms with van der Waals surface area (Å²) >= 11 is 5.61. The Kier molecular flexibility index (Phi) is 5.29. The standard InChI is InChI=1S/C11H11ClN2O3/c12-11-6-4-9(8-13-11)3-5-10(15)2-1-7-14(16)17/h3-6,8H,1-2,7H2/b5-3+. The first-order valence-corrected chi connectivity index (χ1v) is 5.40. The summed E-state index contributed by atoms with van der Waals surface area (Å²) in [6, 6.07) is 3.36. The van der Waals surface area contributed by atoms with Crippen LogP contribution in [0.1, 0.15) is 18.4 Å². The van der Waals surface area contributed by atoms with Crippen LogP contribution in [0.4, 0.5) is 0 Å².